The van der Waals surface area contributed by atoms with Crippen molar-refractivity contribution in [1.29, 1.82) is 0 Å². The Balaban J connectivity index is 1.84. The Morgan fingerprint density at radius 1 is 1.47 bits per heavy atom. The molecule has 3 rings (SSSR count). The van der Waals surface area contributed by atoms with Crippen LogP contribution in [0.25, 0.3) is 0 Å². The van der Waals surface area contributed by atoms with E-state index in [0.29, 0.717) is 0 Å². The number of alkyl halides is 1. The van der Waals surface area contributed by atoms with Gasteiger partial charge in [-0.15, -0.1) is 0 Å². The van der Waals surface area contributed by atoms with E-state index in [1.807, 2.05) is 6.07 Å². The van der Waals surface area contributed by atoms with Crippen LogP contribution in [0.15, 0.2) is 18.2 Å². The first kappa shape index (κ1) is 9.84. The summed E-state index contributed by atoms with van der Waals surface area (Å²) in [5.74, 6) is 0.694. The van der Waals surface area contributed by atoms with Gasteiger partial charge in [-0.1, -0.05) is 22.6 Å². The maximum absolute atomic E-state index is 13.1. The summed E-state index contributed by atoms with van der Waals surface area (Å²) in [5.41, 5.74) is 5.46. The Morgan fingerprint density at radius 3 is 3.00 bits per heavy atom. The molecule has 1 N–H and O–H groups in total. The third-order valence-electron chi connectivity index (χ3n) is 2.96. The van der Waals surface area contributed by atoms with E-state index in [2.05, 4.69) is 33.0 Å². The van der Waals surface area contributed by atoms with Crippen LogP contribution in [0, 0.1) is 11.7 Å². The number of anilines is 1. The van der Waals surface area contributed by atoms with Gasteiger partial charge < -0.3 is 5.43 Å². The zero-order chi connectivity index (χ0) is 10.4. The molecule has 2 aliphatic rings. The Kier molecular flexibility index (Phi) is 2.35. The van der Waals surface area contributed by atoms with Crippen molar-refractivity contribution < 1.29 is 4.39 Å². The van der Waals surface area contributed by atoms with Gasteiger partial charge in [-0.2, -0.15) is 0 Å². The zero-order valence-electron chi connectivity index (χ0n) is 8.21. The van der Waals surface area contributed by atoms with Gasteiger partial charge in [0.25, 0.3) is 0 Å². The number of hydrogen-bond acceptors (Lipinski definition) is 2. The first-order chi connectivity index (χ1) is 7.24. The average Bonchev–Trinajstić information content (AvgIpc) is 2.97. The number of rotatable bonds is 2. The molecule has 0 radical (unpaired) electrons. The van der Waals surface area contributed by atoms with Crippen LogP contribution in [0.1, 0.15) is 22.5 Å². The Morgan fingerprint density at radius 2 is 2.27 bits per heavy atom. The molecule has 0 saturated heterocycles. The molecule has 15 heavy (non-hydrogen) atoms. The molecule has 0 aromatic heterocycles. The zero-order valence-corrected chi connectivity index (χ0v) is 10.4. The smallest absolute Gasteiger partial charge is 0.123 e. The number of hydrazine groups is 1. The molecule has 4 heteroatoms. The predicted octanol–water partition coefficient (Wildman–Crippen LogP) is 3.31. The third-order valence-corrected chi connectivity index (χ3v) is 4.30. The number of nitrogens with one attached hydrogen (secondary N) is 1. The molecule has 1 unspecified atom stereocenters. The van der Waals surface area contributed by atoms with Gasteiger partial charge in [0.1, 0.15) is 9.87 Å². The van der Waals surface area contributed by atoms with Crippen LogP contribution in [-0.4, -0.2) is 11.6 Å². The number of fused-ring (bicyclic) bond motifs is 1. The second-order valence-corrected chi connectivity index (χ2v) is 5.45. The van der Waals surface area contributed by atoms with Gasteiger partial charge in [0, 0.05) is 12.1 Å². The van der Waals surface area contributed by atoms with E-state index in [9.17, 15) is 4.39 Å². The molecule has 0 amide bonds. The average molecular weight is 318 g/mol. The van der Waals surface area contributed by atoms with Gasteiger partial charge in [-0.05, 0) is 37.0 Å². The standard InChI is InChI=1S/C11H12FIN2/c12-8-3-4-10-9(5-8)11(13)15(14-10)6-7-1-2-7/h3-5,7,11,14H,1-2,6H2. The maximum atomic E-state index is 13.1. The summed E-state index contributed by atoms with van der Waals surface area (Å²) in [6.07, 6.45) is 2.68. The van der Waals surface area contributed by atoms with E-state index in [4.69, 9.17) is 0 Å². The largest absolute Gasteiger partial charge is 0.317 e. The highest BCUT2D eigenvalue weighted by Crippen LogP contribution is 2.42. The summed E-state index contributed by atoms with van der Waals surface area (Å²) in [5, 5.41) is 2.21. The minimum Gasteiger partial charge on any atom is -0.317 e. The Bertz CT molecular complexity index is 392. The molecule has 1 heterocycles. The minimum absolute atomic E-state index is 0.148. The van der Waals surface area contributed by atoms with Crippen LogP contribution < -0.4 is 5.43 Å². The molecule has 1 fully saturated rings. The molecular weight excluding hydrogens is 306 g/mol. The van der Waals surface area contributed by atoms with Gasteiger partial charge >= 0.3 is 0 Å². The number of benzene rings is 1. The lowest BCUT2D eigenvalue weighted by Crippen LogP contribution is -2.27. The fraction of sp³-hybridized carbons (Fsp3) is 0.455. The fourth-order valence-electron chi connectivity index (χ4n) is 1.93. The molecule has 1 atom stereocenters. The lowest BCUT2D eigenvalue weighted by Gasteiger charge is -2.19. The monoisotopic (exact) mass is 318 g/mol. The van der Waals surface area contributed by atoms with E-state index in [0.717, 1.165) is 23.7 Å². The Labute approximate surface area is 102 Å². The van der Waals surface area contributed by atoms with Gasteiger partial charge in [0.15, 0.2) is 0 Å². The molecule has 0 bridgehead atoms. The normalized spacial score (nSPS) is 25.1. The highest BCUT2D eigenvalue weighted by molar-refractivity contribution is 14.1. The molecule has 1 aromatic rings. The first-order valence-corrected chi connectivity index (χ1v) is 6.45. The molecular formula is C11H12FIN2. The molecule has 1 aromatic carbocycles. The van der Waals surface area contributed by atoms with Crippen molar-refractivity contribution in [3.63, 3.8) is 0 Å². The number of hydrogen-bond donors (Lipinski definition) is 1. The molecule has 80 valence electrons. The quantitative estimate of drug-likeness (QED) is 0.511. The summed E-state index contributed by atoms with van der Waals surface area (Å²) in [6.45, 7) is 1.07. The van der Waals surface area contributed by atoms with Crippen molar-refractivity contribution >= 4 is 28.3 Å². The van der Waals surface area contributed by atoms with Gasteiger partial charge in [-0.3, -0.25) is 0 Å². The van der Waals surface area contributed by atoms with Gasteiger partial charge in [0.05, 0.1) is 5.69 Å². The van der Waals surface area contributed by atoms with E-state index in [1.54, 1.807) is 6.07 Å². The number of nitrogens with zero attached hydrogens (tertiary/aromatic N) is 1. The molecule has 2 nitrogen and oxygen atoms in total. The van der Waals surface area contributed by atoms with Gasteiger partial charge in [0.2, 0.25) is 0 Å². The highest BCUT2D eigenvalue weighted by atomic mass is 127. The lowest BCUT2D eigenvalue weighted by molar-refractivity contribution is 0.331. The maximum Gasteiger partial charge on any atom is 0.123 e. The summed E-state index contributed by atoms with van der Waals surface area (Å²) in [6, 6.07) is 4.96. The van der Waals surface area contributed by atoms with Crippen molar-refractivity contribution in [1.82, 2.24) is 5.01 Å². The highest BCUT2D eigenvalue weighted by Gasteiger charge is 2.33. The van der Waals surface area contributed by atoms with E-state index < -0.39 is 0 Å². The number of halogens is 2. The molecule has 0 spiro atoms. The van der Waals surface area contributed by atoms with Crippen LogP contribution in [-0.2, 0) is 0 Å². The van der Waals surface area contributed by atoms with E-state index >= 15 is 0 Å². The summed E-state index contributed by atoms with van der Waals surface area (Å²) < 4.78 is 13.3. The molecule has 1 aliphatic heterocycles. The van der Waals surface area contributed by atoms with E-state index in [-0.39, 0.29) is 9.87 Å². The SMILES string of the molecule is Fc1ccc2c(c1)C(I)N(CC1CC1)N2. The van der Waals surface area contributed by atoms with Crippen molar-refractivity contribution in [2.24, 2.45) is 5.92 Å². The van der Waals surface area contributed by atoms with E-state index in [1.165, 1.54) is 18.9 Å². The fourth-order valence-corrected chi connectivity index (χ4v) is 2.81. The van der Waals surface area contributed by atoms with Crippen molar-refractivity contribution in [2.75, 3.05) is 12.0 Å². The molecule has 1 saturated carbocycles. The second-order valence-electron chi connectivity index (χ2n) is 4.27. The topological polar surface area (TPSA) is 15.3 Å². The predicted molar refractivity (Wildman–Crippen MR) is 66.2 cm³/mol. The lowest BCUT2D eigenvalue weighted by atomic mass is 10.2. The molecule has 1 aliphatic carbocycles. The third kappa shape index (κ3) is 1.85. The summed E-state index contributed by atoms with van der Waals surface area (Å²) >= 11 is 2.36. The summed E-state index contributed by atoms with van der Waals surface area (Å²) in [7, 11) is 0. The van der Waals surface area contributed by atoms with Crippen LogP contribution in [0.5, 0.6) is 0 Å². The van der Waals surface area contributed by atoms with Crippen LogP contribution in [0.3, 0.4) is 0 Å². The first-order valence-electron chi connectivity index (χ1n) is 5.21. The van der Waals surface area contributed by atoms with Crippen LogP contribution in [0.2, 0.25) is 0 Å². The minimum atomic E-state index is -0.148. The second kappa shape index (κ2) is 3.59. The van der Waals surface area contributed by atoms with Crippen LogP contribution in [0.4, 0.5) is 10.1 Å². The van der Waals surface area contributed by atoms with Crippen molar-refractivity contribution in [3.05, 3.63) is 29.6 Å². The summed E-state index contributed by atoms with van der Waals surface area (Å²) in [4.78, 5) is 0. The van der Waals surface area contributed by atoms with Gasteiger partial charge in [-0.25, -0.2) is 9.40 Å². The van der Waals surface area contributed by atoms with Crippen LogP contribution >= 0.6 is 22.6 Å². The Hall–Kier alpha value is -0.360. The van der Waals surface area contributed by atoms with Crippen molar-refractivity contribution in [2.45, 2.75) is 16.9 Å². The van der Waals surface area contributed by atoms with Crippen molar-refractivity contribution in [3.8, 4) is 0 Å².